The van der Waals surface area contributed by atoms with Crippen molar-refractivity contribution in [1.29, 1.82) is 0 Å². The summed E-state index contributed by atoms with van der Waals surface area (Å²) in [6.45, 7) is 4.33. The van der Waals surface area contributed by atoms with Gasteiger partial charge in [-0.15, -0.1) is 0 Å². The van der Waals surface area contributed by atoms with Crippen molar-refractivity contribution >= 4 is 11.5 Å². The molecule has 3 heterocycles. The molecule has 1 saturated heterocycles. The Bertz CT molecular complexity index is 389. The van der Waals surface area contributed by atoms with Crippen LogP contribution >= 0.6 is 0 Å². The van der Waals surface area contributed by atoms with Gasteiger partial charge in [-0.1, -0.05) is 12.8 Å². The summed E-state index contributed by atoms with van der Waals surface area (Å²) in [6.07, 6.45) is 5.35. The molecule has 0 spiro atoms. The molecule has 0 aromatic carbocycles. The zero-order valence-corrected chi connectivity index (χ0v) is 9.87. The number of pyridine rings is 1. The van der Waals surface area contributed by atoms with E-state index in [0.29, 0.717) is 6.04 Å². The van der Waals surface area contributed by atoms with E-state index >= 15 is 0 Å². The minimum atomic E-state index is 0.657. The highest BCUT2D eigenvalue weighted by Crippen LogP contribution is 2.32. The number of nitrogens with one attached hydrogen (secondary N) is 1. The van der Waals surface area contributed by atoms with Crippen molar-refractivity contribution < 1.29 is 0 Å². The monoisotopic (exact) mass is 217 g/mol. The van der Waals surface area contributed by atoms with Gasteiger partial charge in [0, 0.05) is 24.8 Å². The lowest BCUT2D eigenvalue weighted by atomic mass is 10.1. The summed E-state index contributed by atoms with van der Waals surface area (Å²) in [7, 11) is 0. The lowest BCUT2D eigenvalue weighted by Gasteiger charge is -2.37. The average Bonchev–Trinajstić information content (AvgIpc) is 2.54. The van der Waals surface area contributed by atoms with Crippen LogP contribution in [0.2, 0.25) is 0 Å². The van der Waals surface area contributed by atoms with Crippen molar-refractivity contribution in [2.75, 3.05) is 23.3 Å². The van der Waals surface area contributed by atoms with E-state index in [1.807, 2.05) is 0 Å². The highest BCUT2D eigenvalue weighted by Gasteiger charge is 2.28. The van der Waals surface area contributed by atoms with Crippen LogP contribution in [-0.4, -0.2) is 24.1 Å². The third-order valence-corrected chi connectivity index (χ3v) is 3.69. The maximum Gasteiger partial charge on any atom is 0.152 e. The van der Waals surface area contributed by atoms with E-state index in [0.717, 1.165) is 12.2 Å². The van der Waals surface area contributed by atoms with Crippen LogP contribution in [0.5, 0.6) is 0 Å². The molecule has 16 heavy (non-hydrogen) atoms. The van der Waals surface area contributed by atoms with E-state index in [1.165, 1.54) is 43.7 Å². The van der Waals surface area contributed by atoms with Crippen molar-refractivity contribution in [3.63, 3.8) is 0 Å². The van der Waals surface area contributed by atoms with Gasteiger partial charge in [0.15, 0.2) is 5.82 Å². The van der Waals surface area contributed by atoms with Crippen molar-refractivity contribution in [3.8, 4) is 0 Å². The van der Waals surface area contributed by atoms with E-state index in [2.05, 4.69) is 29.3 Å². The highest BCUT2D eigenvalue weighted by atomic mass is 15.3. The molecule has 3 nitrogen and oxygen atoms in total. The molecular weight excluding hydrogens is 198 g/mol. The molecule has 0 saturated carbocycles. The summed E-state index contributed by atoms with van der Waals surface area (Å²) in [6, 6.07) is 4.91. The van der Waals surface area contributed by atoms with Gasteiger partial charge in [0.2, 0.25) is 0 Å². The van der Waals surface area contributed by atoms with E-state index in [-0.39, 0.29) is 0 Å². The van der Waals surface area contributed by atoms with Gasteiger partial charge in [-0.05, 0) is 31.9 Å². The molecule has 1 aromatic rings. The maximum absolute atomic E-state index is 4.70. The molecule has 1 aromatic heterocycles. The number of hydrogen-bond acceptors (Lipinski definition) is 3. The Morgan fingerprint density at radius 2 is 2.25 bits per heavy atom. The third-order valence-electron chi connectivity index (χ3n) is 3.69. The minimum absolute atomic E-state index is 0.657. The number of nitrogens with zero attached hydrogens (tertiary/aromatic N) is 2. The van der Waals surface area contributed by atoms with Gasteiger partial charge in [0.25, 0.3) is 0 Å². The first-order valence-corrected chi connectivity index (χ1v) is 6.33. The lowest BCUT2D eigenvalue weighted by molar-refractivity contribution is 0.577. The number of aryl methyl sites for hydroxylation is 1. The van der Waals surface area contributed by atoms with Crippen molar-refractivity contribution in [2.45, 2.75) is 38.6 Å². The van der Waals surface area contributed by atoms with Crippen LogP contribution in [0.1, 0.15) is 31.4 Å². The molecule has 0 bridgehead atoms. The van der Waals surface area contributed by atoms with E-state index < -0.39 is 0 Å². The van der Waals surface area contributed by atoms with Gasteiger partial charge in [0.1, 0.15) is 0 Å². The molecule has 0 aliphatic carbocycles. The largest absolute Gasteiger partial charge is 0.380 e. The first kappa shape index (κ1) is 9.94. The predicted octanol–water partition coefficient (Wildman–Crippen LogP) is 2.56. The van der Waals surface area contributed by atoms with Crippen LogP contribution < -0.4 is 10.2 Å². The van der Waals surface area contributed by atoms with Crippen molar-refractivity contribution in [1.82, 2.24) is 4.98 Å². The molecule has 86 valence electrons. The Kier molecular flexibility index (Phi) is 2.46. The number of hydrogen-bond donors (Lipinski definition) is 1. The second-order valence-corrected chi connectivity index (χ2v) is 4.90. The molecular formula is C13H19N3. The minimum Gasteiger partial charge on any atom is -0.380 e. The van der Waals surface area contributed by atoms with Crippen LogP contribution in [0.15, 0.2) is 12.1 Å². The summed E-state index contributed by atoms with van der Waals surface area (Å²) in [5, 5.41) is 3.51. The number of anilines is 2. The fourth-order valence-electron chi connectivity index (χ4n) is 2.80. The first-order chi connectivity index (χ1) is 7.84. The van der Waals surface area contributed by atoms with Gasteiger partial charge in [-0.2, -0.15) is 0 Å². The Morgan fingerprint density at radius 1 is 1.31 bits per heavy atom. The molecule has 2 aliphatic heterocycles. The van der Waals surface area contributed by atoms with Crippen LogP contribution in [0.3, 0.4) is 0 Å². The van der Waals surface area contributed by atoms with E-state index in [1.54, 1.807) is 0 Å². The first-order valence-electron chi connectivity index (χ1n) is 6.33. The Labute approximate surface area is 96.9 Å². The van der Waals surface area contributed by atoms with Crippen LogP contribution in [0.25, 0.3) is 0 Å². The van der Waals surface area contributed by atoms with Gasteiger partial charge in [0.05, 0.1) is 5.69 Å². The van der Waals surface area contributed by atoms with E-state index in [9.17, 15) is 0 Å². The molecule has 1 fully saturated rings. The van der Waals surface area contributed by atoms with Gasteiger partial charge in [-0.25, -0.2) is 4.98 Å². The molecule has 2 aliphatic rings. The molecule has 1 N–H and O–H groups in total. The normalized spacial score (nSPS) is 24.1. The average molecular weight is 217 g/mol. The summed E-state index contributed by atoms with van der Waals surface area (Å²) >= 11 is 0. The van der Waals surface area contributed by atoms with Crippen LogP contribution in [0.4, 0.5) is 11.5 Å². The number of fused-ring (bicyclic) bond motifs is 3. The van der Waals surface area contributed by atoms with Gasteiger partial charge < -0.3 is 10.2 Å². The summed E-state index contributed by atoms with van der Waals surface area (Å²) in [5.74, 6) is 1.18. The summed E-state index contributed by atoms with van der Waals surface area (Å²) in [5.41, 5.74) is 2.33. The standard InChI is InChI=1S/C13H19N3/c1-10-6-7-12-13(15-10)16-8-4-2-3-5-11(16)9-14-12/h6-7,11,14H,2-5,8-9H2,1H3. The third kappa shape index (κ3) is 1.64. The second kappa shape index (κ2) is 3.96. The van der Waals surface area contributed by atoms with Crippen LogP contribution in [-0.2, 0) is 0 Å². The van der Waals surface area contributed by atoms with E-state index in [4.69, 9.17) is 4.98 Å². The fraction of sp³-hybridized carbons (Fsp3) is 0.615. The molecule has 1 atom stereocenters. The lowest BCUT2D eigenvalue weighted by Crippen LogP contribution is -2.44. The van der Waals surface area contributed by atoms with Gasteiger partial charge >= 0.3 is 0 Å². The quantitative estimate of drug-likeness (QED) is 0.724. The number of aromatic nitrogens is 1. The molecule has 0 radical (unpaired) electrons. The predicted molar refractivity (Wildman–Crippen MR) is 67.1 cm³/mol. The Morgan fingerprint density at radius 3 is 3.19 bits per heavy atom. The molecule has 1 unspecified atom stereocenters. The second-order valence-electron chi connectivity index (χ2n) is 4.90. The SMILES string of the molecule is Cc1ccc2c(n1)N1CCCCCC1CN2. The topological polar surface area (TPSA) is 28.2 Å². The smallest absolute Gasteiger partial charge is 0.152 e. The van der Waals surface area contributed by atoms with Crippen LogP contribution in [0, 0.1) is 6.92 Å². The maximum atomic E-state index is 4.70. The summed E-state index contributed by atoms with van der Waals surface area (Å²) in [4.78, 5) is 7.22. The Hall–Kier alpha value is -1.25. The zero-order valence-electron chi connectivity index (χ0n) is 9.87. The molecule has 3 heteroatoms. The molecule has 0 amide bonds. The molecule has 3 rings (SSSR count). The summed E-state index contributed by atoms with van der Waals surface area (Å²) < 4.78 is 0. The Balaban J connectivity index is 1.98. The van der Waals surface area contributed by atoms with Gasteiger partial charge in [-0.3, -0.25) is 0 Å². The van der Waals surface area contributed by atoms with Crippen molar-refractivity contribution in [2.24, 2.45) is 0 Å². The number of rotatable bonds is 0. The fourth-order valence-corrected chi connectivity index (χ4v) is 2.80. The van der Waals surface area contributed by atoms with Crippen molar-refractivity contribution in [3.05, 3.63) is 17.8 Å². The zero-order chi connectivity index (χ0) is 11.0. The highest BCUT2D eigenvalue weighted by molar-refractivity contribution is 5.69.